The van der Waals surface area contributed by atoms with Crippen molar-refractivity contribution in [1.82, 2.24) is 15.2 Å². The highest BCUT2D eigenvalue weighted by Gasteiger charge is 2.49. The average Bonchev–Trinajstić information content (AvgIpc) is 2.75. The van der Waals surface area contributed by atoms with E-state index < -0.39 is 0 Å². The van der Waals surface area contributed by atoms with E-state index in [0.29, 0.717) is 21.2 Å². The van der Waals surface area contributed by atoms with Crippen LogP contribution in [0.4, 0.5) is 0 Å². The number of likely N-dealkylation sites (tertiary alicyclic amines) is 1. The summed E-state index contributed by atoms with van der Waals surface area (Å²) in [4.78, 5) is 17.4. The Hall–Kier alpha value is -1.23. The number of H-pyrrole nitrogens is 1. The maximum atomic E-state index is 12.4. The van der Waals surface area contributed by atoms with Crippen LogP contribution < -0.4 is 5.32 Å². The number of hydrogen-bond donors (Lipinski definition) is 2. The van der Waals surface area contributed by atoms with Crippen molar-refractivity contribution < 1.29 is 4.79 Å². The Morgan fingerprint density at radius 1 is 1.25 bits per heavy atom. The molecule has 104 valence electrons. The summed E-state index contributed by atoms with van der Waals surface area (Å²) in [7, 11) is 0. The van der Waals surface area contributed by atoms with E-state index in [0.717, 1.165) is 37.1 Å². The van der Waals surface area contributed by atoms with Crippen LogP contribution in [0.2, 0.25) is 10.0 Å². The van der Waals surface area contributed by atoms with Gasteiger partial charge in [0.15, 0.2) is 0 Å². The number of aromatic amines is 1. The Kier molecular flexibility index (Phi) is 2.58. The first-order valence-electron chi connectivity index (χ1n) is 6.55. The fourth-order valence-corrected chi connectivity index (χ4v) is 3.42. The summed E-state index contributed by atoms with van der Waals surface area (Å²) in [6.07, 6.45) is 0. The molecular weight excluding hydrogens is 297 g/mol. The minimum Gasteiger partial charge on any atom is -0.350 e. The quantitative estimate of drug-likeness (QED) is 0.850. The predicted molar refractivity (Wildman–Crippen MR) is 79.5 cm³/mol. The van der Waals surface area contributed by atoms with Gasteiger partial charge in [-0.05, 0) is 18.2 Å². The van der Waals surface area contributed by atoms with Gasteiger partial charge in [0.2, 0.25) is 0 Å². The Morgan fingerprint density at radius 2 is 2.00 bits per heavy atom. The van der Waals surface area contributed by atoms with E-state index in [1.807, 2.05) is 11.0 Å². The number of carbonyl (C=O) groups excluding carboxylic acids is 1. The molecule has 2 aliphatic rings. The molecule has 4 nitrogen and oxygen atoms in total. The lowest BCUT2D eigenvalue weighted by Crippen LogP contribution is -2.71. The molecule has 3 heterocycles. The van der Waals surface area contributed by atoms with Gasteiger partial charge >= 0.3 is 0 Å². The van der Waals surface area contributed by atoms with Crippen LogP contribution >= 0.6 is 23.2 Å². The van der Waals surface area contributed by atoms with E-state index in [1.54, 1.807) is 12.1 Å². The molecule has 0 bridgehead atoms. The summed E-state index contributed by atoms with van der Waals surface area (Å²) in [5, 5.41) is 5.04. The lowest BCUT2D eigenvalue weighted by molar-refractivity contribution is -0.0251. The summed E-state index contributed by atoms with van der Waals surface area (Å²) in [5.74, 6) is 0.0333. The molecule has 2 fully saturated rings. The van der Waals surface area contributed by atoms with Crippen molar-refractivity contribution >= 4 is 40.0 Å². The molecule has 2 N–H and O–H groups in total. The summed E-state index contributed by atoms with van der Waals surface area (Å²) in [6.45, 7) is 3.71. The standard InChI is InChI=1S/C14H13Cl2N3O/c15-9-1-2-10-8(12(9)16)3-11(18-10)13(20)19-6-14(7-19)4-17-5-14/h1-3,17-18H,4-7H2. The van der Waals surface area contributed by atoms with Crippen molar-refractivity contribution in [3.05, 3.63) is 33.9 Å². The van der Waals surface area contributed by atoms with Gasteiger partial charge in [-0.3, -0.25) is 4.79 Å². The Bertz CT molecular complexity index is 713. The van der Waals surface area contributed by atoms with Gasteiger partial charge in [0.25, 0.3) is 5.91 Å². The lowest BCUT2D eigenvalue weighted by atomic mass is 9.74. The van der Waals surface area contributed by atoms with Crippen molar-refractivity contribution in [3.8, 4) is 0 Å². The molecule has 0 saturated carbocycles. The third-order valence-electron chi connectivity index (χ3n) is 4.26. The van der Waals surface area contributed by atoms with Crippen LogP contribution in [0.5, 0.6) is 0 Å². The van der Waals surface area contributed by atoms with E-state index in [-0.39, 0.29) is 5.91 Å². The number of nitrogens with one attached hydrogen (secondary N) is 2. The zero-order valence-electron chi connectivity index (χ0n) is 10.7. The first-order valence-corrected chi connectivity index (χ1v) is 7.30. The monoisotopic (exact) mass is 309 g/mol. The van der Waals surface area contributed by atoms with Gasteiger partial charge in [0.05, 0.1) is 10.0 Å². The second-order valence-corrected chi connectivity index (χ2v) is 6.56. The Morgan fingerprint density at radius 3 is 2.65 bits per heavy atom. The van der Waals surface area contributed by atoms with Crippen LogP contribution in [0.1, 0.15) is 10.5 Å². The molecule has 6 heteroatoms. The SMILES string of the molecule is O=C(c1cc2c(Cl)c(Cl)ccc2[nH]1)N1CC2(CNC2)C1. The number of halogens is 2. The number of rotatable bonds is 1. The number of fused-ring (bicyclic) bond motifs is 1. The zero-order valence-corrected chi connectivity index (χ0v) is 12.2. The number of hydrogen-bond acceptors (Lipinski definition) is 2. The fraction of sp³-hybridized carbons (Fsp3) is 0.357. The number of aromatic nitrogens is 1. The molecule has 2 aliphatic heterocycles. The van der Waals surface area contributed by atoms with Crippen LogP contribution in [-0.4, -0.2) is 42.0 Å². The van der Waals surface area contributed by atoms with E-state index in [9.17, 15) is 4.79 Å². The molecule has 0 unspecified atom stereocenters. The largest absolute Gasteiger partial charge is 0.350 e. The summed E-state index contributed by atoms with van der Waals surface area (Å²) in [5.41, 5.74) is 1.75. The topological polar surface area (TPSA) is 48.1 Å². The van der Waals surface area contributed by atoms with Gasteiger partial charge in [0.1, 0.15) is 5.69 Å². The molecule has 1 amide bonds. The second-order valence-electron chi connectivity index (χ2n) is 5.77. The molecule has 1 aromatic heterocycles. The molecule has 0 aliphatic carbocycles. The van der Waals surface area contributed by atoms with Crippen LogP contribution in [0.15, 0.2) is 18.2 Å². The van der Waals surface area contributed by atoms with Gasteiger partial charge in [-0.1, -0.05) is 23.2 Å². The summed E-state index contributed by atoms with van der Waals surface area (Å²) < 4.78 is 0. The number of amides is 1. The second kappa shape index (κ2) is 4.13. The molecule has 4 rings (SSSR count). The minimum atomic E-state index is 0.0333. The fourth-order valence-electron chi connectivity index (χ4n) is 3.04. The Balaban J connectivity index is 1.62. The van der Waals surface area contributed by atoms with Crippen molar-refractivity contribution in [3.63, 3.8) is 0 Å². The average molecular weight is 310 g/mol. The smallest absolute Gasteiger partial charge is 0.270 e. The van der Waals surface area contributed by atoms with Gasteiger partial charge in [0, 0.05) is 42.5 Å². The molecule has 0 atom stereocenters. The Labute approximate surface area is 126 Å². The normalized spacial score (nSPS) is 20.0. The molecule has 2 saturated heterocycles. The van der Waals surface area contributed by atoms with Crippen molar-refractivity contribution in [1.29, 1.82) is 0 Å². The van der Waals surface area contributed by atoms with Crippen molar-refractivity contribution in [2.45, 2.75) is 0 Å². The maximum absolute atomic E-state index is 12.4. The summed E-state index contributed by atoms with van der Waals surface area (Å²) >= 11 is 12.2. The summed E-state index contributed by atoms with van der Waals surface area (Å²) in [6, 6.07) is 5.36. The number of benzene rings is 1. The molecular formula is C14H13Cl2N3O. The minimum absolute atomic E-state index is 0.0333. The highest BCUT2D eigenvalue weighted by molar-refractivity contribution is 6.45. The van der Waals surface area contributed by atoms with E-state index >= 15 is 0 Å². The molecule has 20 heavy (non-hydrogen) atoms. The first kappa shape index (κ1) is 12.5. The third-order valence-corrected chi connectivity index (χ3v) is 5.08. The highest BCUT2D eigenvalue weighted by Crippen LogP contribution is 2.36. The number of nitrogens with zero attached hydrogens (tertiary/aromatic N) is 1. The zero-order chi connectivity index (χ0) is 13.9. The molecule has 0 radical (unpaired) electrons. The number of carbonyl (C=O) groups is 1. The van der Waals surface area contributed by atoms with E-state index in [2.05, 4.69) is 10.3 Å². The van der Waals surface area contributed by atoms with E-state index in [4.69, 9.17) is 23.2 Å². The van der Waals surface area contributed by atoms with Crippen LogP contribution in [0.25, 0.3) is 10.9 Å². The van der Waals surface area contributed by atoms with Crippen LogP contribution in [0.3, 0.4) is 0 Å². The molecule has 2 aromatic rings. The van der Waals surface area contributed by atoms with E-state index in [1.165, 1.54) is 0 Å². The highest BCUT2D eigenvalue weighted by atomic mass is 35.5. The van der Waals surface area contributed by atoms with Gasteiger partial charge in [-0.25, -0.2) is 0 Å². The third kappa shape index (κ3) is 1.68. The van der Waals surface area contributed by atoms with Gasteiger partial charge in [-0.15, -0.1) is 0 Å². The van der Waals surface area contributed by atoms with Crippen molar-refractivity contribution in [2.24, 2.45) is 5.41 Å². The van der Waals surface area contributed by atoms with Gasteiger partial charge < -0.3 is 15.2 Å². The first-order chi connectivity index (χ1) is 9.58. The lowest BCUT2D eigenvalue weighted by Gasteiger charge is -2.55. The van der Waals surface area contributed by atoms with Crippen LogP contribution in [-0.2, 0) is 0 Å². The van der Waals surface area contributed by atoms with Crippen LogP contribution in [0, 0.1) is 5.41 Å². The predicted octanol–water partition coefficient (Wildman–Crippen LogP) is 2.52. The molecule has 1 aromatic carbocycles. The molecule has 1 spiro atoms. The maximum Gasteiger partial charge on any atom is 0.270 e. The van der Waals surface area contributed by atoms with Crippen molar-refractivity contribution in [2.75, 3.05) is 26.2 Å². The van der Waals surface area contributed by atoms with Gasteiger partial charge in [-0.2, -0.15) is 0 Å².